The van der Waals surface area contributed by atoms with Crippen LogP contribution < -0.4 is 5.32 Å². The molecule has 0 spiro atoms. The van der Waals surface area contributed by atoms with E-state index < -0.39 is 0 Å². The van der Waals surface area contributed by atoms with Crippen LogP contribution in [0.25, 0.3) is 10.4 Å². The maximum atomic E-state index is 6.26. The topological polar surface area (TPSA) is 12.0 Å². The number of benzene rings is 1. The first-order chi connectivity index (χ1) is 9.13. The van der Waals surface area contributed by atoms with Gasteiger partial charge < -0.3 is 5.32 Å². The maximum Gasteiger partial charge on any atom is 0.0492 e. The van der Waals surface area contributed by atoms with E-state index in [1.165, 1.54) is 9.75 Å². The van der Waals surface area contributed by atoms with Crippen LogP contribution in [-0.2, 0) is 0 Å². The molecule has 0 saturated carbocycles. The van der Waals surface area contributed by atoms with E-state index in [9.17, 15) is 0 Å². The fourth-order valence-corrected chi connectivity index (χ4v) is 3.80. The molecular formula is C16H20ClNS. The zero-order valence-corrected chi connectivity index (χ0v) is 13.2. The third-order valence-corrected chi connectivity index (χ3v) is 4.69. The molecule has 0 fully saturated rings. The lowest BCUT2D eigenvalue weighted by Gasteiger charge is -2.20. The van der Waals surface area contributed by atoms with Crippen LogP contribution in [0.1, 0.15) is 31.7 Å². The predicted molar refractivity (Wildman–Crippen MR) is 86.0 cm³/mol. The lowest BCUT2D eigenvalue weighted by molar-refractivity contribution is 0.428. The Balaban J connectivity index is 2.30. The first kappa shape index (κ1) is 14.6. The van der Waals surface area contributed by atoms with E-state index in [-0.39, 0.29) is 0 Å². The van der Waals surface area contributed by atoms with Crippen molar-refractivity contribution in [2.24, 2.45) is 5.92 Å². The normalized spacial score (nSPS) is 12.9. The van der Waals surface area contributed by atoms with Gasteiger partial charge in [0.15, 0.2) is 0 Å². The van der Waals surface area contributed by atoms with E-state index in [0.29, 0.717) is 12.0 Å². The van der Waals surface area contributed by atoms with Gasteiger partial charge in [-0.1, -0.05) is 50.6 Å². The molecule has 2 aromatic rings. The van der Waals surface area contributed by atoms with Crippen LogP contribution in [0.5, 0.6) is 0 Å². The molecule has 0 saturated heterocycles. The summed E-state index contributed by atoms with van der Waals surface area (Å²) >= 11 is 8.09. The Morgan fingerprint density at radius 3 is 2.53 bits per heavy atom. The summed E-state index contributed by atoms with van der Waals surface area (Å²) in [6, 6.07) is 12.8. The van der Waals surface area contributed by atoms with E-state index in [1.54, 1.807) is 0 Å². The molecule has 1 aromatic carbocycles. The predicted octanol–water partition coefficient (Wildman–Crippen LogP) is 5.38. The van der Waals surface area contributed by atoms with Crippen LogP contribution in [-0.4, -0.2) is 6.54 Å². The SMILES string of the molecule is CCNC(c1ccc(-c2ccccc2Cl)s1)C(C)C. The molecule has 1 aromatic heterocycles. The zero-order valence-electron chi connectivity index (χ0n) is 11.6. The molecular weight excluding hydrogens is 274 g/mol. The van der Waals surface area contributed by atoms with Crippen molar-refractivity contribution in [2.75, 3.05) is 6.54 Å². The van der Waals surface area contributed by atoms with Crippen molar-refractivity contribution in [3.63, 3.8) is 0 Å². The molecule has 0 aliphatic rings. The summed E-state index contributed by atoms with van der Waals surface area (Å²) in [5, 5.41) is 4.38. The van der Waals surface area contributed by atoms with Gasteiger partial charge in [0.25, 0.3) is 0 Å². The van der Waals surface area contributed by atoms with Gasteiger partial charge in [-0.25, -0.2) is 0 Å². The van der Waals surface area contributed by atoms with Crippen molar-refractivity contribution >= 4 is 22.9 Å². The highest BCUT2D eigenvalue weighted by molar-refractivity contribution is 7.15. The van der Waals surface area contributed by atoms with E-state index in [1.807, 2.05) is 29.5 Å². The Morgan fingerprint density at radius 1 is 1.16 bits per heavy atom. The third kappa shape index (κ3) is 3.38. The van der Waals surface area contributed by atoms with Crippen LogP contribution in [0.3, 0.4) is 0 Å². The van der Waals surface area contributed by atoms with Gasteiger partial charge in [0.05, 0.1) is 0 Å². The van der Waals surface area contributed by atoms with Crippen molar-refractivity contribution in [3.05, 3.63) is 46.3 Å². The summed E-state index contributed by atoms with van der Waals surface area (Å²) in [4.78, 5) is 2.62. The van der Waals surface area contributed by atoms with Gasteiger partial charge in [0.2, 0.25) is 0 Å². The number of hydrogen-bond acceptors (Lipinski definition) is 2. The van der Waals surface area contributed by atoms with Crippen molar-refractivity contribution in [1.29, 1.82) is 0 Å². The highest BCUT2D eigenvalue weighted by Gasteiger charge is 2.17. The molecule has 1 unspecified atom stereocenters. The fourth-order valence-electron chi connectivity index (χ4n) is 2.21. The molecule has 0 radical (unpaired) electrons. The lowest BCUT2D eigenvalue weighted by atomic mass is 10.0. The van der Waals surface area contributed by atoms with Crippen molar-refractivity contribution in [2.45, 2.75) is 26.8 Å². The summed E-state index contributed by atoms with van der Waals surface area (Å²) in [5.41, 5.74) is 1.12. The lowest BCUT2D eigenvalue weighted by Crippen LogP contribution is -2.24. The summed E-state index contributed by atoms with van der Waals surface area (Å²) in [5.74, 6) is 0.581. The minimum Gasteiger partial charge on any atom is -0.309 e. The average molecular weight is 294 g/mol. The largest absolute Gasteiger partial charge is 0.309 e. The minimum absolute atomic E-state index is 0.422. The molecule has 0 bridgehead atoms. The number of hydrogen-bond donors (Lipinski definition) is 1. The minimum atomic E-state index is 0.422. The van der Waals surface area contributed by atoms with Crippen molar-refractivity contribution in [1.82, 2.24) is 5.32 Å². The molecule has 3 heteroatoms. The number of rotatable bonds is 5. The molecule has 2 rings (SSSR count). The first-order valence-corrected chi connectivity index (χ1v) is 7.91. The van der Waals surface area contributed by atoms with Gasteiger partial charge in [-0.05, 0) is 30.7 Å². The maximum absolute atomic E-state index is 6.26. The highest BCUT2D eigenvalue weighted by Crippen LogP contribution is 2.36. The molecule has 0 amide bonds. The molecule has 19 heavy (non-hydrogen) atoms. The molecule has 1 atom stereocenters. The van der Waals surface area contributed by atoms with Crippen molar-refractivity contribution in [3.8, 4) is 10.4 Å². The standard InChI is InChI=1S/C16H20ClNS/c1-4-18-16(11(2)3)15-10-9-14(19-15)12-7-5-6-8-13(12)17/h5-11,16,18H,4H2,1-3H3. The Kier molecular flexibility index (Phi) is 5.03. The van der Waals surface area contributed by atoms with E-state index >= 15 is 0 Å². The summed E-state index contributed by atoms with van der Waals surface area (Å²) < 4.78 is 0. The summed E-state index contributed by atoms with van der Waals surface area (Å²) in [7, 11) is 0. The molecule has 1 heterocycles. The molecule has 102 valence electrons. The van der Waals surface area contributed by atoms with Crippen LogP contribution in [0.15, 0.2) is 36.4 Å². The van der Waals surface area contributed by atoms with Gasteiger partial charge in [-0.3, -0.25) is 0 Å². The van der Waals surface area contributed by atoms with E-state index in [2.05, 4.69) is 44.3 Å². The number of nitrogens with one attached hydrogen (secondary N) is 1. The van der Waals surface area contributed by atoms with Crippen molar-refractivity contribution < 1.29 is 0 Å². The Hall–Kier alpha value is -0.830. The smallest absolute Gasteiger partial charge is 0.0492 e. The van der Waals surface area contributed by atoms with Gasteiger partial charge in [-0.15, -0.1) is 11.3 Å². The second-order valence-electron chi connectivity index (χ2n) is 4.96. The van der Waals surface area contributed by atoms with E-state index in [0.717, 1.165) is 17.1 Å². The molecule has 1 nitrogen and oxygen atoms in total. The highest BCUT2D eigenvalue weighted by atomic mass is 35.5. The Bertz CT molecular complexity index is 533. The molecule has 0 aliphatic heterocycles. The number of thiophene rings is 1. The van der Waals surface area contributed by atoms with Crippen LogP contribution in [0.2, 0.25) is 5.02 Å². The van der Waals surface area contributed by atoms with Crippen LogP contribution >= 0.6 is 22.9 Å². The van der Waals surface area contributed by atoms with Gasteiger partial charge in [0.1, 0.15) is 0 Å². The third-order valence-electron chi connectivity index (χ3n) is 3.16. The molecule has 0 aliphatic carbocycles. The first-order valence-electron chi connectivity index (χ1n) is 6.71. The Morgan fingerprint density at radius 2 is 1.89 bits per heavy atom. The van der Waals surface area contributed by atoms with Crippen LogP contribution in [0.4, 0.5) is 0 Å². The second kappa shape index (κ2) is 6.56. The van der Waals surface area contributed by atoms with Crippen LogP contribution in [0, 0.1) is 5.92 Å². The molecule has 1 N–H and O–H groups in total. The Labute approximate surface area is 124 Å². The second-order valence-corrected chi connectivity index (χ2v) is 6.48. The van der Waals surface area contributed by atoms with Gasteiger partial charge >= 0.3 is 0 Å². The quantitative estimate of drug-likeness (QED) is 0.781. The monoisotopic (exact) mass is 293 g/mol. The fraction of sp³-hybridized carbons (Fsp3) is 0.375. The summed E-state index contributed by atoms with van der Waals surface area (Å²) in [6.45, 7) is 7.64. The summed E-state index contributed by atoms with van der Waals surface area (Å²) in [6.07, 6.45) is 0. The average Bonchev–Trinajstić information content (AvgIpc) is 2.85. The van der Waals surface area contributed by atoms with E-state index in [4.69, 9.17) is 11.6 Å². The van der Waals surface area contributed by atoms with Gasteiger partial charge in [-0.2, -0.15) is 0 Å². The zero-order chi connectivity index (χ0) is 13.8. The number of halogens is 1. The van der Waals surface area contributed by atoms with Gasteiger partial charge in [0, 0.05) is 26.4 Å².